The van der Waals surface area contributed by atoms with Crippen LogP contribution < -0.4 is 10.6 Å². The molecule has 0 bridgehead atoms. The third-order valence-corrected chi connectivity index (χ3v) is 3.53. The lowest BCUT2D eigenvalue weighted by atomic mass is 10.0. The highest BCUT2D eigenvalue weighted by atomic mass is 16.2. The standard InChI is InChI=1S/C18H28N2O2/c1-5-17(21)20-16-11-7-10-15(12-16)18(22)19-14(4)9-6-8-13(2)3/h7,10-14H,5-6,8-9H2,1-4H3,(H,19,22)(H,20,21). The van der Waals surface area contributed by atoms with Crippen LogP contribution >= 0.6 is 0 Å². The van der Waals surface area contributed by atoms with E-state index < -0.39 is 0 Å². The van der Waals surface area contributed by atoms with E-state index in [-0.39, 0.29) is 17.9 Å². The molecule has 0 heterocycles. The summed E-state index contributed by atoms with van der Waals surface area (Å²) in [5, 5.41) is 5.78. The Morgan fingerprint density at radius 1 is 1.14 bits per heavy atom. The highest BCUT2D eigenvalue weighted by molar-refractivity contribution is 5.97. The number of carbonyl (C=O) groups excluding carboxylic acids is 2. The molecular weight excluding hydrogens is 276 g/mol. The first-order valence-corrected chi connectivity index (χ1v) is 8.13. The van der Waals surface area contributed by atoms with Crippen molar-refractivity contribution in [3.63, 3.8) is 0 Å². The Labute approximate surface area is 133 Å². The summed E-state index contributed by atoms with van der Waals surface area (Å²) in [5.74, 6) is 0.547. The molecule has 2 amide bonds. The summed E-state index contributed by atoms with van der Waals surface area (Å²) in [4.78, 5) is 23.6. The summed E-state index contributed by atoms with van der Waals surface area (Å²) in [6.07, 6.45) is 3.70. The van der Waals surface area contributed by atoms with Crippen LogP contribution in [0.1, 0.15) is 63.7 Å². The molecule has 1 aromatic carbocycles. The minimum atomic E-state index is -0.0929. The van der Waals surface area contributed by atoms with Gasteiger partial charge >= 0.3 is 0 Å². The largest absolute Gasteiger partial charge is 0.350 e. The van der Waals surface area contributed by atoms with Gasteiger partial charge in [0, 0.05) is 23.7 Å². The van der Waals surface area contributed by atoms with Crippen molar-refractivity contribution in [2.24, 2.45) is 5.92 Å². The number of nitrogens with one attached hydrogen (secondary N) is 2. The van der Waals surface area contributed by atoms with Crippen molar-refractivity contribution < 1.29 is 9.59 Å². The summed E-state index contributed by atoms with van der Waals surface area (Å²) in [5.41, 5.74) is 1.23. The molecule has 0 aliphatic rings. The second-order valence-corrected chi connectivity index (χ2v) is 6.18. The molecule has 1 atom stereocenters. The zero-order valence-corrected chi connectivity index (χ0v) is 14.1. The van der Waals surface area contributed by atoms with Crippen molar-refractivity contribution >= 4 is 17.5 Å². The number of amides is 2. The third kappa shape index (κ3) is 6.74. The number of carbonyl (C=O) groups is 2. The van der Waals surface area contributed by atoms with Gasteiger partial charge in [0.1, 0.15) is 0 Å². The highest BCUT2D eigenvalue weighted by Crippen LogP contribution is 2.12. The molecule has 0 spiro atoms. The fourth-order valence-corrected chi connectivity index (χ4v) is 2.20. The molecule has 1 rings (SSSR count). The SMILES string of the molecule is CCC(=O)Nc1cccc(C(=O)NC(C)CCCC(C)C)c1. The monoisotopic (exact) mass is 304 g/mol. The van der Waals surface area contributed by atoms with Crippen molar-refractivity contribution in [1.82, 2.24) is 5.32 Å². The first-order valence-electron chi connectivity index (χ1n) is 8.13. The quantitative estimate of drug-likeness (QED) is 0.763. The van der Waals surface area contributed by atoms with Crippen LogP contribution in [0.2, 0.25) is 0 Å². The maximum atomic E-state index is 12.2. The first-order chi connectivity index (χ1) is 10.4. The van der Waals surface area contributed by atoms with Crippen molar-refractivity contribution in [1.29, 1.82) is 0 Å². The van der Waals surface area contributed by atoms with Crippen LogP contribution in [0.5, 0.6) is 0 Å². The summed E-state index contributed by atoms with van der Waals surface area (Å²) in [6.45, 7) is 8.24. The van der Waals surface area contributed by atoms with E-state index >= 15 is 0 Å². The average molecular weight is 304 g/mol. The van der Waals surface area contributed by atoms with Gasteiger partial charge in [-0.2, -0.15) is 0 Å². The van der Waals surface area contributed by atoms with Crippen LogP contribution in [-0.2, 0) is 4.79 Å². The van der Waals surface area contributed by atoms with E-state index in [2.05, 4.69) is 24.5 Å². The fourth-order valence-electron chi connectivity index (χ4n) is 2.20. The van der Waals surface area contributed by atoms with Crippen LogP contribution in [0.4, 0.5) is 5.69 Å². The lowest BCUT2D eigenvalue weighted by Crippen LogP contribution is -2.32. The molecule has 0 aliphatic carbocycles. The van der Waals surface area contributed by atoms with Gasteiger partial charge < -0.3 is 10.6 Å². The Hall–Kier alpha value is -1.84. The summed E-state index contributed by atoms with van der Waals surface area (Å²) in [6, 6.07) is 7.20. The van der Waals surface area contributed by atoms with Gasteiger partial charge in [-0.25, -0.2) is 0 Å². The molecule has 1 unspecified atom stereocenters. The minimum Gasteiger partial charge on any atom is -0.350 e. The van der Waals surface area contributed by atoms with E-state index in [4.69, 9.17) is 0 Å². The number of anilines is 1. The molecular formula is C18H28N2O2. The van der Waals surface area contributed by atoms with Crippen molar-refractivity contribution in [3.8, 4) is 0 Å². The Kier molecular flexibility index (Phi) is 7.64. The van der Waals surface area contributed by atoms with Crippen molar-refractivity contribution in [3.05, 3.63) is 29.8 Å². The number of benzene rings is 1. The Morgan fingerprint density at radius 2 is 1.86 bits per heavy atom. The van der Waals surface area contributed by atoms with Gasteiger partial charge in [-0.05, 0) is 37.5 Å². The van der Waals surface area contributed by atoms with Crippen LogP contribution in [-0.4, -0.2) is 17.9 Å². The normalized spacial score (nSPS) is 12.0. The topological polar surface area (TPSA) is 58.2 Å². The average Bonchev–Trinajstić information content (AvgIpc) is 2.46. The van der Waals surface area contributed by atoms with E-state index in [1.165, 1.54) is 6.42 Å². The zero-order valence-electron chi connectivity index (χ0n) is 14.1. The van der Waals surface area contributed by atoms with E-state index in [0.29, 0.717) is 23.6 Å². The fraction of sp³-hybridized carbons (Fsp3) is 0.556. The molecule has 0 fully saturated rings. The van der Waals surface area contributed by atoms with Gasteiger partial charge in [0.25, 0.3) is 5.91 Å². The van der Waals surface area contributed by atoms with Crippen LogP contribution in [0.3, 0.4) is 0 Å². The summed E-state index contributed by atoms with van der Waals surface area (Å²) >= 11 is 0. The molecule has 0 aromatic heterocycles. The Morgan fingerprint density at radius 3 is 2.50 bits per heavy atom. The second kappa shape index (κ2) is 9.23. The number of hydrogen-bond acceptors (Lipinski definition) is 2. The lowest BCUT2D eigenvalue weighted by molar-refractivity contribution is -0.115. The zero-order chi connectivity index (χ0) is 16.5. The van der Waals surface area contributed by atoms with Gasteiger partial charge in [0.2, 0.25) is 5.91 Å². The van der Waals surface area contributed by atoms with Crippen LogP contribution in [0.25, 0.3) is 0 Å². The smallest absolute Gasteiger partial charge is 0.251 e. The highest BCUT2D eigenvalue weighted by Gasteiger charge is 2.11. The van der Waals surface area contributed by atoms with E-state index in [9.17, 15) is 9.59 Å². The third-order valence-electron chi connectivity index (χ3n) is 3.53. The minimum absolute atomic E-state index is 0.0559. The van der Waals surface area contributed by atoms with Gasteiger partial charge in [0.15, 0.2) is 0 Å². The lowest BCUT2D eigenvalue weighted by Gasteiger charge is -2.15. The van der Waals surface area contributed by atoms with Gasteiger partial charge in [-0.1, -0.05) is 39.7 Å². The Balaban J connectivity index is 2.54. The molecule has 122 valence electrons. The first kappa shape index (κ1) is 18.2. The van der Waals surface area contributed by atoms with Gasteiger partial charge in [-0.15, -0.1) is 0 Å². The number of rotatable bonds is 8. The Bertz CT molecular complexity index is 498. The van der Waals surface area contributed by atoms with Crippen molar-refractivity contribution in [2.45, 2.75) is 59.4 Å². The van der Waals surface area contributed by atoms with Crippen LogP contribution in [0.15, 0.2) is 24.3 Å². The molecule has 0 saturated heterocycles. The molecule has 2 N–H and O–H groups in total. The predicted octanol–water partition coefficient (Wildman–Crippen LogP) is 3.98. The van der Waals surface area contributed by atoms with Gasteiger partial charge in [0.05, 0.1) is 0 Å². The van der Waals surface area contributed by atoms with E-state index in [0.717, 1.165) is 12.8 Å². The molecule has 0 radical (unpaired) electrons. The molecule has 0 saturated carbocycles. The maximum Gasteiger partial charge on any atom is 0.251 e. The molecule has 4 heteroatoms. The molecule has 22 heavy (non-hydrogen) atoms. The van der Waals surface area contributed by atoms with E-state index in [1.54, 1.807) is 31.2 Å². The van der Waals surface area contributed by atoms with E-state index in [1.807, 2.05) is 6.92 Å². The summed E-state index contributed by atoms with van der Waals surface area (Å²) in [7, 11) is 0. The maximum absolute atomic E-state index is 12.2. The predicted molar refractivity (Wildman–Crippen MR) is 91.0 cm³/mol. The second-order valence-electron chi connectivity index (χ2n) is 6.18. The summed E-state index contributed by atoms with van der Waals surface area (Å²) < 4.78 is 0. The van der Waals surface area contributed by atoms with Crippen molar-refractivity contribution in [2.75, 3.05) is 5.32 Å². The van der Waals surface area contributed by atoms with Gasteiger partial charge in [-0.3, -0.25) is 9.59 Å². The molecule has 0 aliphatic heterocycles. The molecule has 1 aromatic rings. The number of hydrogen-bond donors (Lipinski definition) is 2. The molecule has 4 nitrogen and oxygen atoms in total. The van der Waals surface area contributed by atoms with Crippen LogP contribution in [0, 0.1) is 5.92 Å².